The average Bonchev–Trinajstić information content (AvgIpc) is 3.00. The third kappa shape index (κ3) is 3.12. The summed E-state index contributed by atoms with van der Waals surface area (Å²) in [6.07, 6.45) is 1.35. The quantitative estimate of drug-likeness (QED) is 0.812. The van der Waals surface area contributed by atoms with Gasteiger partial charge in [-0.25, -0.2) is 8.78 Å². The number of likely N-dealkylation sites (tertiary alicyclic amines) is 1. The average molecular weight is 359 g/mol. The number of amides is 1. The largest absolute Gasteiger partial charge is 0.338 e. The van der Waals surface area contributed by atoms with E-state index in [0.29, 0.717) is 25.9 Å². The number of allylic oxidation sites excluding steroid dienone is 1. The molecular formula is C19H19F2N3O2. The van der Waals surface area contributed by atoms with E-state index in [4.69, 9.17) is 0 Å². The highest BCUT2D eigenvalue weighted by molar-refractivity contribution is 6.03. The van der Waals surface area contributed by atoms with Gasteiger partial charge in [-0.2, -0.15) is 5.26 Å². The summed E-state index contributed by atoms with van der Waals surface area (Å²) in [5, 5.41) is 9.28. The van der Waals surface area contributed by atoms with Crippen LogP contribution in [0.1, 0.15) is 49.2 Å². The Bertz CT molecular complexity index is 841. The second kappa shape index (κ2) is 6.27. The van der Waals surface area contributed by atoms with Crippen LogP contribution in [0.25, 0.3) is 0 Å². The molecule has 1 aliphatic carbocycles. The molecular weight excluding hydrogens is 340 g/mol. The molecule has 0 bridgehead atoms. The lowest BCUT2D eigenvalue weighted by atomic mass is 9.64. The Hall–Kier alpha value is -2.62. The Kier molecular flexibility index (Phi) is 4.39. The lowest BCUT2D eigenvalue weighted by Crippen LogP contribution is -2.40. The van der Waals surface area contributed by atoms with Crippen molar-refractivity contribution in [3.8, 4) is 6.07 Å². The zero-order chi connectivity index (χ0) is 19.1. The third-order valence-electron chi connectivity index (χ3n) is 5.15. The van der Waals surface area contributed by atoms with E-state index in [1.54, 1.807) is 11.0 Å². The molecule has 26 heavy (non-hydrogen) atoms. The number of halogens is 2. The summed E-state index contributed by atoms with van der Waals surface area (Å²) in [7, 11) is 0. The van der Waals surface area contributed by atoms with Gasteiger partial charge in [-0.15, -0.1) is 0 Å². The smallest absolute Gasteiger partial charge is 0.280 e. The van der Waals surface area contributed by atoms with Crippen molar-refractivity contribution in [1.29, 1.82) is 5.26 Å². The van der Waals surface area contributed by atoms with E-state index in [1.807, 2.05) is 19.9 Å². The van der Waals surface area contributed by atoms with Crippen LogP contribution in [0.5, 0.6) is 0 Å². The fourth-order valence-corrected chi connectivity index (χ4v) is 4.05. The highest BCUT2D eigenvalue weighted by atomic mass is 19.3. The lowest BCUT2D eigenvalue weighted by molar-refractivity contribution is -0.125. The Morgan fingerprint density at radius 2 is 2.15 bits per heavy atom. The van der Waals surface area contributed by atoms with Crippen LogP contribution in [0, 0.1) is 22.2 Å². The molecule has 1 aromatic heterocycles. The molecule has 1 fully saturated rings. The van der Waals surface area contributed by atoms with E-state index >= 15 is 0 Å². The molecule has 136 valence electrons. The van der Waals surface area contributed by atoms with Gasteiger partial charge in [0.15, 0.2) is 5.78 Å². The predicted octanol–water partition coefficient (Wildman–Crippen LogP) is 3.30. The maximum Gasteiger partial charge on any atom is 0.280 e. The number of alkyl halides is 2. The first-order valence-electron chi connectivity index (χ1n) is 8.39. The van der Waals surface area contributed by atoms with E-state index in [-0.39, 0.29) is 22.8 Å². The number of ketones is 1. The van der Waals surface area contributed by atoms with E-state index in [1.165, 1.54) is 12.3 Å². The molecule has 1 atom stereocenters. The van der Waals surface area contributed by atoms with Crippen LogP contribution in [0.2, 0.25) is 0 Å². The summed E-state index contributed by atoms with van der Waals surface area (Å²) in [5.74, 6) is -0.515. The van der Waals surface area contributed by atoms with Crippen LogP contribution < -0.4 is 0 Å². The topological polar surface area (TPSA) is 74.1 Å². The normalized spacial score (nSPS) is 24.7. The number of Topliss-reactive ketones (excluding diaryl/α,β-unsaturated/α-hetero) is 1. The SMILES string of the molecule is CC1(C)C[C@]2(C=C(C#N)C1=O)CCN(C(=O)c1ccnc(C(F)F)c1)C2. The second-order valence-electron chi connectivity index (χ2n) is 7.67. The van der Waals surface area contributed by atoms with Crippen molar-refractivity contribution in [2.45, 2.75) is 33.1 Å². The summed E-state index contributed by atoms with van der Waals surface area (Å²) < 4.78 is 25.6. The molecule has 1 aliphatic heterocycles. The molecule has 0 radical (unpaired) electrons. The number of rotatable bonds is 2. The first-order chi connectivity index (χ1) is 12.2. The summed E-state index contributed by atoms with van der Waals surface area (Å²) in [4.78, 5) is 30.2. The molecule has 0 N–H and O–H groups in total. The lowest BCUT2D eigenvalue weighted by Gasteiger charge is -2.38. The number of nitriles is 1. The van der Waals surface area contributed by atoms with Crippen LogP contribution in [0.15, 0.2) is 30.0 Å². The Morgan fingerprint density at radius 3 is 2.81 bits per heavy atom. The van der Waals surface area contributed by atoms with Crippen LogP contribution in [-0.4, -0.2) is 34.7 Å². The molecule has 3 rings (SSSR count). The number of carbonyl (C=O) groups is 2. The first-order valence-corrected chi connectivity index (χ1v) is 8.39. The Balaban J connectivity index is 1.85. The van der Waals surface area contributed by atoms with E-state index in [9.17, 15) is 23.6 Å². The molecule has 0 unspecified atom stereocenters. The summed E-state index contributed by atoms with van der Waals surface area (Å²) in [6, 6.07) is 4.51. The van der Waals surface area contributed by atoms with Crippen molar-refractivity contribution in [3.05, 3.63) is 41.2 Å². The number of hydrogen-bond acceptors (Lipinski definition) is 4. The van der Waals surface area contributed by atoms with Crippen molar-refractivity contribution >= 4 is 11.7 Å². The Morgan fingerprint density at radius 1 is 1.42 bits per heavy atom. The van der Waals surface area contributed by atoms with Crippen LogP contribution >= 0.6 is 0 Å². The van der Waals surface area contributed by atoms with Gasteiger partial charge in [-0.3, -0.25) is 14.6 Å². The van der Waals surface area contributed by atoms with E-state index < -0.39 is 22.9 Å². The number of nitrogens with zero attached hydrogens (tertiary/aromatic N) is 3. The number of aromatic nitrogens is 1. The fraction of sp³-hybridized carbons (Fsp3) is 0.474. The molecule has 1 amide bonds. The zero-order valence-electron chi connectivity index (χ0n) is 14.6. The van der Waals surface area contributed by atoms with Gasteiger partial charge in [-0.05, 0) is 25.0 Å². The van der Waals surface area contributed by atoms with E-state index in [0.717, 1.165) is 6.07 Å². The van der Waals surface area contributed by atoms with Gasteiger partial charge in [0.25, 0.3) is 12.3 Å². The van der Waals surface area contributed by atoms with Crippen LogP contribution in [-0.2, 0) is 4.79 Å². The maximum absolute atomic E-state index is 12.8. The van der Waals surface area contributed by atoms with E-state index in [2.05, 4.69) is 4.98 Å². The number of hydrogen-bond donors (Lipinski definition) is 0. The second-order valence-corrected chi connectivity index (χ2v) is 7.67. The van der Waals surface area contributed by atoms with Gasteiger partial charge in [0.05, 0.1) is 5.57 Å². The van der Waals surface area contributed by atoms with Crippen molar-refractivity contribution in [1.82, 2.24) is 9.88 Å². The van der Waals surface area contributed by atoms with Gasteiger partial charge in [0.1, 0.15) is 11.8 Å². The monoisotopic (exact) mass is 359 g/mol. The number of pyridine rings is 1. The minimum Gasteiger partial charge on any atom is -0.338 e. The van der Waals surface area contributed by atoms with Crippen molar-refractivity contribution < 1.29 is 18.4 Å². The van der Waals surface area contributed by atoms with Gasteiger partial charge >= 0.3 is 0 Å². The molecule has 1 saturated heterocycles. The minimum absolute atomic E-state index is 0.138. The van der Waals surface area contributed by atoms with Gasteiger partial charge in [0, 0.05) is 35.7 Å². The van der Waals surface area contributed by atoms with Crippen LogP contribution in [0.4, 0.5) is 8.78 Å². The third-order valence-corrected chi connectivity index (χ3v) is 5.15. The molecule has 1 aromatic rings. The highest BCUT2D eigenvalue weighted by Crippen LogP contribution is 2.48. The highest BCUT2D eigenvalue weighted by Gasteiger charge is 2.48. The number of carbonyl (C=O) groups excluding carboxylic acids is 2. The maximum atomic E-state index is 12.8. The summed E-state index contributed by atoms with van der Waals surface area (Å²) in [6.45, 7) is 4.43. The minimum atomic E-state index is -2.74. The molecule has 0 aromatic carbocycles. The zero-order valence-corrected chi connectivity index (χ0v) is 14.6. The molecule has 1 spiro atoms. The predicted molar refractivity (Wildman–Crippen MR) is 89.2 cm³/mol. The van der Waals surface area contributed by atoms with Gasteiger partial charge in [0.2, 0.25) is 0 Å². The van der Waals surface area contributed by atoms with Crippen molar-refractivity contribution in [2.24, 2.45) is 10.8 Å². The molecule has 2 aliphatic rings. The standard InChI is InChI=1S/C19H19F2N3O2/c1-18(2)10-19(8-13(9-22)15(18)25)4-6-24(11-19)17(26)12-3-5-23-14(7-12)16(20)21/h3,5,7-8,16H,4,6,10-11H2,1-2H3/t19-/m1/s1. The van der Waals surface area contributed by atoms with Crippen molar-refractivity contribution in [2.75, 3.05) is 13.1 Å². The molecule has 5 nitrogen and oxygen atoms in total. The Labute approximate surface area is 150 Å². The van der Waals surface area contributed by atoms with Gasteiger partial charge < -0.3 is 4.90 Å². The van der Waals surface area contributed by atoms with Crippen molar-refractivity contribution in [3.63, 3.8) is 0 Å². The summed E-state index contributed by atoms with van der Waals surface area (Å²) in [5.41, 5.74) is -1.22. The molecule has 0 saturated carbocycles. The molecule has 7 heteroatoms. The first kappa shape index (κ1) is 18.2. The van der Waals surface area contributed by atoms with Crippen LogP contribution in [0.3, 0.4) is 0 Å². The summed E-state index contributed by atoms with van der Waals surface area (Å²) >= 11 is 0. The molecule has 2 heterocycles. The van der Waals surface area contributed by atoms with Gasteiger partial charge in [-0.1, -0.05) is 19.9 Å². The fourth-order valence-electron chi connectivity index (χ4n) is 4.05.